The number of carbonyl (C=O) groups is 1. The molecule has 1 aliphatic rings. The van der Waals surface area contributed by atoms with Gasteiger partial charge in [-0.25, -0.2) is 4.98 Å². The van der Waals surface area contributed by atoms with E-state index in [2.05, 4.69) is 16.5 Å². The summed E-state index contributed by atoms with van der Waals surface area (Å²) in [6.45, 7) is 11.6. The van der Waals surface area contributed by atoms with Crippen molar-refractivity contribution in [2.24, 2.45) is 5.41 Å². The highest BCUT2D eigenvalue weighted by Gasteiger charge is 2.33. The topological polar surface area (TPSA) is 56.6 Å². The smallest absolute Gasteiger partial charge is 0.228 e. The maximum Gasteiger partial charge on any atom is 0.228 e. The number of likely N-dealkylation sites (tertiary alicyclic amines) is 1. The molecule has 2 rings (SSSR count). The lowest BCUT2D eigenvalue weighted by molar-refractivity contribution is -0.145. The van der Waals surface area contributed by atoms with Crippen LogP contribution in [0.3, 0.4) is 0 Å². The van der Waals surface area contributed by atoms with Crippen LogP contribution in [-0.2, 0) is 27.4 Å². The molecule has 1 amide bonds. The first-order chi connectivity index (χ1) is 11.9. The first kappa shape index (κ1) is 19.9. The van der Waals surface area contributed by atoms with Crippen molar-refractivity contribution in [2.45, 2.75) is 66.2 Å². The molecule has 1 aromatic rings. The molecular weight excluding hydrogens is 318 g/mol. The largest absolute Gasteiger partial charge is 0.383 e. The van der Waals surface area contributed by atoms with Gasteiger partial charge in [0.25, 0.3) is 0 Å². The second kappa shape index (κ2) is 8.81. The number of aryl methyl sites for hydroxylation is 1. The van der Waals surface area contributed by atoms with E-state index < -0.39 is 0 Å². The van der Waals surface area contributed by atoms with Crippen LogP contribution in [0.15, 0.2) is 6.20 Å². The second-order valence-electron chi connectivity index (χ2n) is 7.52. The van der Waals surface area contributed by atoms with Crippen LogP contribution in [0, 0.1) is 12.3 Å². The summed E-state index contributed by atoms with van der Waals surface area (Å²) < 4.78 is 13.4. The zero-order chi connectivity index (χ0) is 18.4. The Kier molecular flexibility index (Phi) is 7.02. The molecule has 0 saturated carbocycles. The third-order valence-corrected chi connectivity index (χ3v) is 5.23. The summed E-state index contributed by atoms with van der Waals surface area (Å²) in [6, 6.07) is 0. The summed E-state index contributed by atoms with van der Waals surface area (Å²) in [5.41, 5.74) is 0.816. The second-order valence-corrected chi connectivity index (χ2v) is 7.52. The third-order valence-electron chi connectivity index (χ3n) is 5.23. The fourth-order valence-corrected chi connectivity index (χ4v) is 3.14. The molecule has 0 spiro atoms. The fraction of sp³-hybridized carbons (Fsp3) is 0.789. The first-order valence-electron chi connectivity index (χ1n) is 9.30. The monoisotopic (exact) mass is 351 g/mol. The Morgan fingerprint density at radius 1 is 1.44 bits per heavy atom. The number of piperidine rings is 1. The van der Waals surface area contributed by atoms with Crippen LogP contribution in [0.5, 0.6) is 0 Å². The number of rotatable bonds is 8. The molecular formula is C19H33N3O3. The molecule has 142 valence electrons. The van der Waals surface area contributed by atoms with E-state index in [4.69, 9.17) is 9.47 Å². The van der Waals surface area contributed by atoms with E-state index in [1.807, 2.05) is 31.9 Å². The molecule has 0 bridgehead atoms. The molecule has 1 aliphatic heterocycles. The summed E-state index contributed by atoms with van der Waals surface area (Å²) in [4.78, 5) is 19.1. The predicted octanol–water partition coefficient (Wildman–Crippen LogP) is 2.78. The Hall–Kier alpha value is -1.40. The van der Waals surface area contributed by atoms with Crippen molar-refractivity contribution >= 4 is 5.91 Å². The average Bonchev–Trinajstić information content (AvgIpc) is 2.97. The molecule has 25 heavy (non-hydrogen) atoms. The normalized spacial score (nSPS) is 18.6. The van der Waals surface area contributed by atoms with E-state index in [1.54, 1.807) is 7.11 Å². The van der Waals surface area contributed by atoms with Gasteiger partial charge in [-0.15, -0.1) is 0 Å². The van der Waals surface area contributed by atoms with Gasteiger partial charge in [-0.1, -0.05) is 20.8 Å². The van der Waals surface area contributed by atoms with Crippen molar-refractivity contribution in [3.63, 3.8) is 0 Å². The maximum atomic E-state index is 12.7. The van der Waals surface area contributed by atoms with Gasteiger partial charge in [-0.3, -0.25) is 4.79 Å². The lowest BCUT2D eigenvalue weighted by atomic mass is 9.87. The number of aromatic nitrogens is 2. The highest BCUT2D eigenvalue weighted by molar-refractivity contribution is 5.82. The van der Waals surface area contributed by atoms with Crippen molar-refractivity contribution in [1.29, 1.82) is 0 Å². The van der Waals surface area contributed by atoms with Crippen molar-refractivity contribution < 1.29 is 14.3 Å². The number of methoxy groups -OCH3 is 1. The Bertz CT molecular complexity index is 568. The van der Waals surface area contributed by atoms with Gasteiger partial charge in [-0.05, 0) is 26.2 Å². The van der Waals surface area contributed by atoms with E-state index in [-0.39, 0.29) is 17.4 Å². The number of carbonyl (C=O) groups excluding carboxylic acids is 1. The highest BCUT2D eigenvalue weighted by Crippen LogP contribution is 2.26. The van der Waals surface area contributed by atoms with E-state index in [0.29, 0.717) is 19.8 Å². The van der Waals surface area contributed by atoms with Crippen LogP contribution in [0.4, 0.5) is 0 Å². The molecule has 1 aromatic heterocycles. The van der Waals surface area contributed by atoms with Crippen molar-refractivity contribution in [3.8, 4) is 0 Å². The maximum absolute atomic E-state index is 12.7. The summed E-state index contributed by atoms with van der Waals surface area (Å²) in [5.74, 6) is 1.16. The quantitative estimate of drug-likeness (QED) is 0.723. The molecule has 2 heterocycles. The van der Waals surface area contributed by atoms with E-state index >= 15 is 0 Å². The van der Waals surface area contributed by atoms with Gasteiger partial charge in [0.1, 0.15) is 12.4 Å². The van der Waals surface area contributed by atoms with Gasteiger partial charge in [0.05, 0.1) is 12.7 Å². The van der Waals surface area contributed by atoms with Crippen LogP contribution in [-0.4, -0.2) is 53.3 Å². The zero-order valence-corrected chi connectivity index (χ0v) is 16.4. The Morgan fingerprint density at radius 3 is 2.88 bits per heavy atom. The number of amides is 1. The molecule has 0 radical (unpaired) electrons. The van der Waals surface area contributed by atoms with Crippen LogP contribution in [0.2, 0.25) is 0 Å². The summed E-state index contributed by atoms with van der Waals surface area (Å²) in [7, 11) is 1.70. The van der Waals surface area contributed by atoms with Gasteiger partial charge in [0.15, 0.2) is 0 Å². The van der Waals surface area contributed by atoms with Crippen molar-refractivity contribution in [3.05, 3.63) is 17.7 Å². The number of imidazole rings is 1. The number of nitrogens with zero attached hydrogens (tertiary/aromatic N) is 3. The standard InChI is InChI=1S/C19H33N3O3/c1-6-19(3,4)18(23)21-9-7-8-16(13-21)25-14-17-20-12-15(2)22(17)10-11-24-5/h12,16H,6-11,13-14H2,1-5H3. The molecule has 1 unspecified atom stereocenters. The fourth-order valence-electron chi connectivity index (χ4n) is 3.14. The van der Waals surface area contributed by atoms with E-state index in [9.17, 15) is 4.79 Å². The predicted molar refractivity (Wildman–Crippen MR) is 97.3 cm³/mol. The minimum Gasteiger partial charge on any atom is -0.383 e. The molecule has 6 heteroatoms. The van der Waals surface area contributed by atoms with Gasteiger partial charge < -0.3 is 18.9 Å². The number of hydrogen-bond acceptors (Lipinski definition) is 4. The van der Waals surface area contributed by atoms with Crippen LogP contribution in [0.25, 0.3) is 0 Å². The summed E-state index contributed by atoms with van der Waals surface area (Å²) >= 11 is 0. The van der Waals surface area contributed by atoms with E-state index in [1.165, 1.54) is 0 Å². The van der Waals surface area contributed by atoms with Gasteiger partial charge >= 0.3 is 0 Å². The number of ether oxygens (including phenoxy) is 2. The Morgan fingerprint density at radius 2 is 2.20 bits per heavy atom. The molecule has 1 fully saturated rings. The first-order valence-corrected chi connectivity index (χ1v) is 9.30. The lowest BCUT2D eigenvalue weighted by Crippen LogP contribution is -2.48. The molecule has 0 aliphatic carbocycles. The van der Waals surface area contributed by atoms with Crippen molar-refractivity contribution in [1.82, 2.24) is 14.5 Å². The third kappa shape index (κ3) is 5.05. The molecule has 6 nitrogen and oxygen atoms in total. The Balaban J connectivity index is 1.92. The average molecular weight is 351 g/mol. The Labute approximate surface area is 151 Å². The molecule has 1 saturated heterocycles. The molecule has 0 N–H and O–H groups in total. The van der Waals surface area contributed by atoms with E-state index in [0.717, 1.165) is 43.9 Å². The van der Waals surface area contributed by atoms with Crippen LogP contribution < -0.4 is 0 Å². The lowest BCUT2D eigenvalue weighted by Gasteiger charge is -2.37. The summed E-state index contributed by atoms with van der Waals surface area (Å²) in [5, 5.41) is 0. The molecule has 0 aromatic carbocycles. The van der Waals surface area contributed by atoms with Gasteiger partial charge in [-0.2, -0.15) is 0 Å². The van der Waals surface area contributed by atoms with Gasteiger partial charge in [0, 0.05) is 44.0 Å². The molecule has 1 atom stereocenters. The summed E-state index contributed by atoms with van der Waals surface area (Å²) in [6.07, 6.45) is 4.79. The van der Waals surface area contributed by atoms with Crippen LogP contribution >= 0.6 is 0 Å². The highest BCUT2D eigenvalue weighted by atomic mass is 16.5. The SMILES string of the molecule is CCC(C)(C)C(=O)N1CCCC(OCc2ncc(C)n2CCOC)C1. The van der Waals surface area contributed by atoms with Crippen molar-refractivity contribution in [2.75, 3.05) is 26.8 Å². The minimum absolute atomic E-state index is 0.0817. The minimum atomic E-state index is -0.296. The van der Waals surface area contributed by atoms with Gasteiger partial charge in [0.2, 0.25) is 5.91 Å². The number of hydrogen-bond donors (Lipinski definition) is 0. The van der Waals surface area contributed by atoms with Crippen LogP contribution in [0.1, 0.15) is 51.6 Å². The zero-order valence-electron chi connectivity index (χ0n) is 16.4.